The summed E-state index contributed by atoms with van der Waals surface area (Å²) < 4.78 is 0. The molecule has 0 amide bonds. The van der Waals surface area contributed by atoms with Gasteiger partial charge in [-0.05, 0) is 13.0 Å². The molecule has 64 valence electrons. The van der Waals surface area contributed by atoms with Crippen LogP contribution in [0.4, 0.5) is 0 Å². The monoisotopic (exact) mass is 326 g/mol. The van der Waals surface area contributed by atoms with E-state index in [4.69, 9.17) is 0 Å². The van der Waals surface area contributed by atoms with Gasteiger partial charge in [-0.25, -0.2) is 0 Å². The molecule has 0 fully saturated rings. The van der Waals surface area contributed by atoms with E-state index in [1.807, 2.05) is 0 Å². The summed E-state index contributed by atoms with van der Waals surface area (Å²) in [7, 11) is 0. The molecular formula is C7H13AuO2. The fraction of sp³-hybridized carbons (Fsp3) is 0.286. The second kappa shape index (κ2) is 11.7. The van der Waals surface area contributed by atoms with E-state index >= 15 is 0 Å². The van der Waals surface area contributed by atoms with Gasteiger partial charge in [0, 0.05) is 0 Å². The van der Waals surface area contributed by atoms with E-state index in [1.54, 1.807) is 0 Å². The van der Waals surface area contributed by atoms with Crippen molar-refractivity contribution in [3.63, 3.8) is 0 Å². The van der Waals surface area contributed by atoms with Crippen LogP contribution >= 0.6 is 0 Å². The summed E-state index contributed by atoms with van der Waals surface area (Å²) in [4.78, 5) is 9.98. The molecule has 0 aromatic carbocycles. The Kier molecular flexibility index (Phi) is 26.4. The van der Waals surface area contributed by atoms with Crippen molar-refractivity contribution in [1.29, 1.82) is 0 Å². The van der Waals surface area contributed by atoms with Gasteiger partial charge in [-0.3, -0.25) is 4.79 Å². The Morgan fingerprint density at radius 1 is 1.30 bits per heavy atom. The van der Waals surface area contributed by atoms with Crippen LogP contribution in [0.3, 0.4) is 0 Å². The van der Waals surface area contributed by atoms with Crippen molar-refractivity contribution in [3.05, 3.63) is 26.7 Å². The van der Waals surface area contributed by atoms with Crippen molar-refractivity contribution in [2.24, 2.45) is 0 Å². The third kappa shape index (κ3) is 24.6. The average Bonchev–Trinajstić information content (AvgIpc) is 1.27. The molecule has 0 heterocycles. The molecule has 0 unspecified atom stereocenters. The van der Waals surface area contributed by atoms with Crippen molar-refractivity contribution in [2.45, 2.75) is 13.8 Å². The van der Waals surface area contributed by atoms with E-state index in [9.17, 15) is 9.90 Å². The second-order valence-electron chi connectivity index (χ2n) is 1.37. The van der Waals surface area contributed by atoms with E-state index in [2.05, 4.69) is 0 Å². The summed E-state index contributed by atoms with van der Waals surface area (Å²) in [6, 6.07) is 0. The van der Waals surface area contributed by atoms with Gasteiger partial charge in [0.2, 0.25) is 0 Å². The first-order valence-corrected chi connectivity index (χ1v) is 1.99. The number of hydrogen-bond acceptors (Lipinski definition) is 2. The van der Waals surface area contributed by atoms with Gasteiger partial charge in [-0.1, -0.05) is 6.92 Å². The minimum atomic E-state index is -0.187. The first-order valence-electron chi connectivity index (χ1n) is 1.99. The van der Waals surface area contributed by atoms with Crippen molar-refractivity contribution in [2.75, 3.05) is 0 Å². The molecule has 0 spiro atoms. The van der Waals surface area contributed by atoms with E-state index in [0.29, 0.717) is 0 Å². The summed E-state index contributed by atoms with van der Waals surface area (Å²) >= 11 is 0. The van der Waals surface area contributed by atoms with Gasteiger partial charge in [0.15, 0.2) is 5.78 Å². The Morgan fingerprint density at radius 3 is 1.60 bits per heavy atom. The molecule has 0 aliphatic heterocycles. The molecule has 0 N–H and O–H groups in total. The zero-order chi connectivity index (χ0) is 5.86. The first kappa shape index (κ1) is 22.5. The number of rotatable bonds is 1. The fourth-order valence-corrected chi connectivity index (χ4v) is 0.286. The molecule has 2 nitrogen and oxygen atoms in total. The standard InChI is InChI=1S/C5H8O2.2CH3.Au/c1-4(6)3-5(2)7;;;/h3,6H,1-2H3;2*1H3;/q;2*-1;+3/p-1/b4-3-;;;. The maximum absolute atomic E-state index is 9.98. The average molecular weight is 326 g/mol. The molecule has 0 radical (unpaired) electrons. The normalized spacial score (nSPS) is 8.00. The van der Waals surface area contributed by atoms with Crippen LogP contribution in [-0.4, -0.2) is 5.78 Å². The summed E-state index contributed by atoms with van der Waals surface area (Å²) in [5.41, 5.74) is 0. The van der Waals surface area contributed by atoms with Crippen molar-refractivity contribution >= 4 is 5.78 Å². The zero-order valence-electron chi connectivity index (χ0n) is 6.70. The topological polar surface area (TPSA) is 40.1 Å². The molecule has 3 heteroatoms. The van der Waals surface area contributed by atoms with Crippen LogP contribution in [0.25, 0.3) is 0 Å². The van der Waals surface area contributed by atoms with E-state index in [-0.39, 0.29) is 48.8 Å². The molecule has 0 aliphatic rings. The summed E-state index contributed by atoms with van der Waals surface area (Å²) in [5, 5.41) is 9.98. The van der Waals surface area contributed by atoms with Crippen LogP contribution in [0.1, 0.15) is 13.8 Å². The summed E-state index contributed by atoms with van der Waals surface area (Å²) in [6.07, 6.45) is 1.06. The zero-order valence-corrected chi connectivity index (χ0v) is 8.86. The Labute approximate surface area is 78.8 Å². The third-order valence-electron chi connectivity index (χ3n) is 0.407. The maximum atomic E-state index is 9.98. The minimum Gasteiger partial charge on any atom is -0.876 e. The van der Waals surface area contributed by atoms with E-state index in [1.165, 1.54) is 13.8 Å². The Morgan fingerprint density at radius 2 is 1.60 bits per heavy atom. The van der Waals surface area contributed by atoms with Gasteiger partial charge in [0.25, 0.3) is 0 Å². The molecule has 0 aliphatic carbocycles. The molecule has 10 heavy (non-hydrogen) atoms. The molecule has 0 aromatic heterocycles. The van der Waals surface area contributed by atoms with Gasteiger partial charge in [0.05, 0.1) is 0 Å². The van der Waals surface area contributed by atoms with Crippen molar-refractivity contribution in [3.8, 4) is 0 Å². The van der Waals surface area contributed by atoms with Gasteiger partial charge in [-0.2, -0.15) is 0 Å². The number of carbonyl (C=O) groups is 1. The smallest absolute Gasteiger partial charge is 0.876 e. The molecule has 0 aromatic rings. The second-order valence-corrected chi connectivity index (χ2v) is 1.37. The number of allylic oxidation sites excluding steroid dienone is 2. The van der Waals surface area contributed by atoms with Gasteiger partial charge in [0.1, 0.15) is 0 Å². The van der Waals surface area contributed by atoms with Crippen LogP contribution in [0.5, 0.6) is 0 Å². The van der Waals surface area contributed by atoms with E-state index in [0.717, 1.165) is 6.08 Å². The van der Waals surface area contributed by atoms with Gasteiger partial charge < -0.3 is 20.0 Å². The predicted octanol–water partition coefficient (Wildman–Crippen LogP) is 0.738. The quantitative estimate of drug-likeness (QED) is 0.309. The molecule has 0 atom stereocenters. The van der Waals surface area contributed by atoms with Crippen LogP contribution in [-0.2, 0) is 27.2 Å². The maximum Gasteiger partial charge on any atom is 3.00 e. The van der Waals surface area contributed by atoms with Crippen LogP contribution in [0.2, 0.25) is 0 Å². The Bertz CT molecular complexity index is 104. The number of hydrogen-bond donors (Lipinski definition) is 0. The van der Waals surface area contributed by atoms with Gasteiger partial charge in [-0.15, -0.1) is 5.76 Å². The van der Waals surface area contributed by atoms with E-state index < -0.39 is 0 Å². The molecule has 0 saturated heterocycles. The molecule has 0 saturated carbocycles. The summed E-state index contributed by atoms with van der Waals surface area (Å²) in [5.74, 6) is -0.375. The number of ketones is 1. The third-order valence-corrected chi connectivity index (χ3v) is 0.407. The molecule has 0 rings (SSSR count). The minimum absolute atomic E-state index is 0. The largest absolute Gasteiger partial charge is 3.00 e. The van der Waals surface area contributed by atoms with Crippen LogP contribution in [0.15, 0.2) is 11.8 Å². The Hall–Kier alpha value is -0.0497. The van der Waals surface area contributed by atoms with Crippen LogP contribution < -0.4 is 5.11 Å². The molecule has 0 bridgehead atoms. The summed E-state index contributed by atoms with van der Waals surface area (Å²) in [6.45, 7) is 2.70. The fourth-order valence-electron chi connectivity index (χ4n) is 0.286. The number of carbonyl (C=O) groups excluding carboxylic acids is 1. The predicted molar refractivity (Wildman–Crippen MR) is 37.3 cm³/mol. The van der Waals surface area contributed by atoms with Crippen molar-refractivity contribution < 1.29 is 32.3 Å². The van der Waals surface area contributed by atoms with Gasteiger partial charge >= 0.3 is 22.4 Å². The van der Waals surface area contributed by atoms with Crippen LogP contribution in [0, 0.1) is 14.9 Å². The Balaban J connectivity index is -0.0000000600. The van der Waals surface area contributed by atoms with Crippen molar-refractivity contribution in [1.82, 2.24) is 0 Å². The molecular weight excluding hydrogens is 313 g/mol. The first-order chi connectivity index (χ1) is 3.13. The SMILES string of the molecule is CC(=O)/C=C(/C)[O-].[Au+3].[CH3-].[CH3-].